The molecule has 2 aromatic rings. The zero-order chi connectivity index (χ0) is 17.5. The topological polar surface area (TPSA) is 74.8 Å². The van der Waals surface area contributed by atoms with E-state index in [-0.39, 0.29) is 17.2 Å². The van der Waals surface area contributed by atoms with E-state index in [1.54, 1.807) is 0 Å². The van der Waals surface area contributed by atoms with Gasteiger partial charge in [-0.15, -0.1) is 0 Å². The minimum atomic E-state index is -0.173. The maximum Gasteiger partial charge on any atom is 0.251 e. The first-order valence-corrected chi connectivity index (χ1v) is 9.06. The van der Waals surface area contributed by atoms with E-state index < -0.39 is 0 Å². The molecule has 1 heterocycles. The Hall–Kier alpha value is -2.08. The zero-order valence-electron chi connectivity index (χ0n) is 14.3. The van der Waals surface area contributed by atoms with Gasteiger partial charge in [0.15, 0.2) is 5.16 Å². The summed E-state index contributed by atoms with van der Waals surface area (Å²) in [5.74, 6) is 0.0848. The first-order chi connectivity index (χ1) is 11.5. The summed E-state index contributed by atoms with van der Waals surface area (Å²) < 4.78 is 0. The van der Waals surface area contributed by atoms with Gasteiger partial charge in [-0.05, 0) is 38.3 Å². The molecule has 6 heteroatoms. The number of anilines is 1. The van der Waals surface area contributed by atoms with E-state index in [0.29, 0.717) is 5.16 Å². The third kappa shape index (κ3) is 5.53. The molecule has 0 spiro atoms. The number of aryl methyl sites for hydroxylation is 3. The van der Waals surface area contributed by atoms with E-state index in [9.17, 15) is 9.59 Å². The predicted molar refractivity (Wildman–Crippen MR) is 98.7 cm³/mol. The lowest BCUT2D eigenvalue weighted by molar-refractivity contribution is -0.113. The molecule has 0 atom stereocenters. The summed E-state index contributed by atoms with van der Waals surface area (Å²) in [5.41, 5.74) is 3.60. The molecule has 5 nitrogen and oxygen atoms in total. The van der Waals surface area contributed by atoms with Gasteiger partial charge in [-0.25, -0.2) is 4.98 Å². The lowest BCUT2D eigenvalue weighted by Gasteiger charge is -2.09. The Morgan fingerprint density at radius 1 is 1.29 bits per heavy atom. The van der Waals surface area contributed by atoms with Crippen LogP contribution in [-0.2, 0) is 11.2 Å². The van der Waals surface area contributed by atoms with Gasteiger partial charge in [0.05, 0.1) is 5.75 Å². The molecule has 0 unspecified atom stereocenters. The highest BCUT2D eigenvalue weighted by atomic mass is 32.2. The predicted octanol–water partition coefficient (Wildman–Crippen LogP) is 3.46. The first kappa shape index (κ1) is 18.3. The van der Waals surface area contributed by atoms with Crippen molar-refractivity contribution in [1.29, 1.82) is 0 Å². The lowest BCUT2D eigenvalue weighted by Crippen LogP contribution is -2.16. The van der Waals surface area contributed by atoms with E-state index in [4.69, 9.17) is 0 Å². The number of amides is 1. The molecular formula is C18H23N3O2S. The quantitative estimate of drug-likeness (QED) is 0.595. The first-order valence-electron chi connectivity index (χ1n) is 8.08. The summed E-state index contributed by atoms with van der Waals surface area (Å²) in [7, 11) is 0. The monoisotopic (exact) mass is 345 g/mol. The van der Waals surface area contributed by atoms with E-state index >= 15 is 0 Å². The van der Waals surface area contributed by atoms with Gasteiger partial charge >= 0.3 is 0 Å². The highest BCUT2D eigenvalue weighted by Gasteiger charge is 2.08. The minimum absolute atomic E-state index is 0.117. The normalized spacial score (nSPS) is 10.6. The van der Waals surface area contributed by atoms with Gasteiger partial charge in [0.2, 0.25) is 5.91 Å². The van der Waals surface area contributed by atoms with Crippen molar-refractivity contribution in [3.8, 4) is 0 Å². The average molecular weight is 345 g/mol. The van der Waals surface area contributed by atoms with E-state index in [2.05, 4.69) is 22.2 Å². The van der Waals surface area contributed by atoms with Gasteiger partial charge in [-0.2, -0.15) is 0 Å². The lowest BCUT2D eigenvalue weighted by atomic mass is 10.1. The summed E-state index contributed by atoms with van der Waals surface area (Å²) in [4.78, 5) is 30.9. The largest absolute Gasteiger partial charge is 0.325 e. The number of aromatic nitrogens is 2. The third-order valence-electron chi connectivity index (χ3n) is 3.56. The summed E-state index contributed by atoms with van der Waals surface area (Å²) in [5, 5.41) is 3.38. The molecule has 0 saturated carbocycles. The molecule has 0 saturated heterocycles. The number of hydrogen-bond acceptors (Lipinski definition) is 4. The van der Waals surface area contributed by atoms with Gasteiger partial charge in [-0.3, -0.25) is 9.59 Å². The summed E-state index contributed by atoms with van der Waals surface area (Å²) in [6.07, 6.45) is 2.83. The summed E-state index contributed by atoms with van der Waals surface area (Å²) >= 11 is 1.24. The second-order valence-corrected chi connectivity index (χ2v) is 6.76. The number of rotatable bonds is 7. The van der Waals surface area contributed by atoms with Crippen LogP contribution < -0.4 is 10.9 Å². The summed E-state index contributed by atoms with van der Waals surface area (Å²) in [6.45, 7) is 6.08. The fraction of sp³-hybridized carbons (Fsp3) is 0.389. The van der Waals surface area contributed by atoms with E-state index in [1.807, 2.05) is 32.0 Å². The molecule has 0 fully saturated rings. The molecule has 0 aliphatic carbocycles. The number of carbonyl (C=O) groups excluding carboxylic acids is 1. The Morgan fingerprint density at radius 3 is 2.79 bits per heavy atom. The number of nitrogens with one attached hydrogen (secondary N) is 2. The Balaban J connectivity index is 1.96. The minimum Gasteiger partial charge on any atom is -0.325 e. The van der Waals surface area contributed by atoms with Crippen molar-refractivity contribution < 1.29 is 4.79 Å². The highest BCUT2D eigenvalue weighted by molar-refractivity contribution is 7.99. The molecule has 0 bridgehead atoms. The van der Waals surface area contributed by atoms with Gasteiger partial charge < -0.3 is 10.3 Å². The van der Waals surface area contributed by atoms with Crippen molar-refractivity contribution in [2.24, 2.45) is 0 Å². The Morgan fingerprint density at radius 2 is 2.08 bits per heavy atom. The third-order valence-corrected chi connectivity index (χ3v) is 4.43. The van der Waals surface area contributed by atoms with Crippen molar-refractivity contribution >= 4 is 23.4 Å². The number of H-pyrrole nitrogens is 1. The molecule has 0 aliphatic heterocycles. The number of thioether (sulfide) groups is 1. The van der Waals surface area contributed by atoms with Crippen molar-refractivity contribution in [3.63, 3.8) is 0 Å². The average Bonchev–Trinajstić information content (AvgIpc) is 2.53. The number of hydrogen-bond donors (Lipinski definition) is 2. The maximum absolute atomic E-state index is 12.1. The van der Waals surface area contributed by atoms with Crippen LogP contribution in [0.5, 0.6) is 0 Å². The van der Waals surface area contributed by atoms with Crippen LogP contribution in [-0.4, -0.2) is 21.6 Å². The van der Waals surface area contributed by atoms with Crippen LogP contribution in [0.3, 0.4) is 0 Å². The van der Waals surface area contributed by atoms with Crippen LogP contribution in [0.1, 0.15) is 36.6 Å². The zero-order valence-corrected chi connectivity index (χ0v) is 15.1. The molecule has 128 valence electrons. The van der Waals surface area contributed by atoms with Crippen LogP contribution in [0.15, 0.2) is 34.2 Å². The number of carbonyl (C=O) groups is 1. The van der Waals surface area contributed by atoms with Gasteiger partial charge in [-0.1, -0.05) is 42.8 Å². The van der Waals surface area contributed by atoms with Crippen LogP contribution in [0.4, 0.5) is 5.69 Å². The van der Waals surface area contributed by atoms with Crippen LogP contribution in [0.2, 0.25) is 0 Å². The standard InChI is InChI=1S/C18H23N3O2S/c1-4-5-6-14-10-16(22)21-18(19-14)24-11-17(23)20-15-8-7-12(2)9-13(15)3/h7-10H,4-6,11H2,1-3H3,(H,20,23)(H,19,21,22). The molecule has 1 aromatic heterocycles. The SMILES string of the molecule is CCCCc1cc(=O)[nH]c(SCC(=O)Nc2ccc(C)cc2C)n1. The van der Waals surface area contributed by atoms with Crippen LogP contribution in [0, 0.1) is 13.8 Å². The Kier molecular flexibility index (Phi) is 6.61. The molecule has 0 aliphatic rings. The number of nitrogens with zero attached hydrogens (tertiary/aromatic N) is 1. The van der Waals surface area contributed by atoms with Gasteiger partial charge in [0.1, 0.15) is 0 Å². The van der Waals surface area contributed by atoms with Crippen LogP contribution in [0.25, 0.3) is 0 Å². The van der Waals surface area contributed by atoms with E-state index in [0.717, 1.165) is 41.8 Å². The number of unbranched alkanes of at least 4 members (excludes halogenated alkanes) is 1. The Bertz CT molecular complexity index is 771. The smallest absolute Gasteiger partial charge is 0.251 e. The fourth-order valence-electron chi connectivity index (χ4n) is 2.31. The number of aromatic amines is 1. The molecule has 0 radical (unpaired) electrons. The highest BCUT2D eigenvalue weighted by Crippen LogP contribution is 2.17. The Labute approximate surface area is 146 Å². The molecule has 2 N–H and O–H groups in total. The molecule has 1 aromatic carbocycles. The van der Waals surface area contributed by atoms with Crippen molar-refractivity contribution in [3.05, 3.63) is 51.4 Å². The van der Waals surface area contributed by atoms with E-state index in [1.165, 1.54) is 17.8 Å². The second-order valence-electron chi connectivity index (χ2n) is 5.80. The summed E-state index contributed by atoms with van der Waals surface area (Å²) in [6, 6.07) is 7.42. The molecule has 2 rings (SSSR count). The van der Waals surface area contributed by atoms with Crippen molar-refractivity contribution in [2.75, 3.05) is 11.1 Å². The van der Waals surface area contributed by atoms with Gasteiger partial charge in [0, 0.05) is 17.4 Å². The van der Waals surface area contributed by atoms with Crippen molar-refractivity contribution in [1.82, 2.24) is 9.97 Å². The molecule has 24 heavy (non-hydrogen) atoms. The number of benzene rings is 1. The molecular weight excluding hydrogens is 322 g/mol. The second kappa shape index (κ2) is 8.68. The van der Waals surface area contributed by atoms with Gasteiger partial charge in [0.25, 0.3) is 5.56 Å². The fourth-order valence-corrected chi connectivity index (χ4v) is 3.01. The van der Waals surface area contributed by atoms with Crippen molar-refractivity contribution in [2.45, 2.75) is 45.2 Å². The maximum atomic E-state index is 12.1. The molecule has 1 amide bonds. The van der Waals surface area contributed by atoms with Crippen LogP contribution >= 0.6 is 11.8 Å².